The molecule has 6 nitrogen and oxygen atoms in total. The second kappa shape index (κ2) is 8.77. The molecule has 0 atom stereocenters. The molecular formula is C21H22N2O4. The molecule has 0 saturated carbocycles. The maximum atomic E-state index is 12.7. The minimum absolute atomic E-state index is 0.113. The second-order valence-corrected chi connectivity index (χ2v) is 5.94. The number of carbonyl (C=O) groups excluding carboxylic acids is 2. The largest absolute Gasteiger partial charge is 0.496 e. The molecule has 0 aliphatic heterocycles. The van der Waals surface area contributed by atoms with E-state index in [-0.39, 0.29) is 18.4 Å². The third-order valence-electron chi connectivity index (χ3n) is 4.04. The minimum atomic E-state index is -0.328. The summed E-state index contributed by atoms with van der Waals surface area (Å²) >= 11 is 0. The van der Waals surface area contributed by atoms with Crippen molar-refractivity contribution in [3.05, 3.63) is 53.1 Å². The molecule has 0 saturated heterocycles. The molecule has 0 fully saturated rings. The predicted molar refractivity (Wildman–Crippen MR) is 104 cm³/mol. The fourth-order valence-electron chi connectivity index (χ4n) is 2.60. The van der Waals surface area contributed by atoms with Gasteiger partial charge in [0.2, 0.25) is 5.91 Å². The van der Waals surface area contributed by atoms with Crippen molar-refractivity contribution >= 4 is 17.5 Å². The summed E-state index contributed by atoms with van der Waals surface area (Å²) in [5, 5.41) is 2.73. The van der Waals surface area contributed by atoms with Gasteiger partial charge >= 0.3 is 0 Å². The normalized spacial score (nSPS) is 9.89. The highest BCUT2D eigenvalue weighted by molar-refractivity contribution is 5.99. The molecule has 6 heteroatoms. The Bertz CT molecular complexity index is 874. The average Bonchev–Trinajstić information content (AvgIpc) is 2.67. The average molecular weight is 366 g/mol. The van der Waals surface area contributed by atoms with Crippen LogP contribution in [0.4, 0.5) is 5.69 Å². The van der Waals surface area contributed by atoms with E-state index in [1.165, 1.54) is 19.1 Å². The lowest BCUT2D eigenvalue weighted by molar-refractivity contribution is -0.116. The summed E-state index contributed by atoms with van der Waals surface area (Å²) in [6.07, 6.45) is 5.36. The van der Waals surface area contributed by atoms with E-state index in [1.807, 2.05) is 6.92 Å². The van der Waals surface area contributed by atoms with E-state index in [2.05, 4.69) is 11.2 Å². The van der Waals surface area contributed by atoms with E-state index in [9.17, 15) is 9.59 Å². The van der Waals surface area contributed by atoms with Crippen LogP contribution in [0.15, 0.2) is 36.4 Å². The van der Waals surface area contributed by atoms with Gasteiger partial charge < -0.3 is 19.7 Å². The number of hydrogen-bond acceptors (Lipinski definition) is 4. The number of terminal acetylenes is 1. The van der Waals surface area contributed by atoms with Crippen LogP contribution in [-0.2, 0) is 4.79 Å². The van der Waals surface area contributed by atoms with Crippen molar-refractivity contribution in [3.63, 3.8) is 0 Å². The Kier molecular flexibility index (Phi) is 6.45. The fraction of sp³-hybridized carbons (Fsp3) is 0.238. The van der Waals surface area contributed by atoms with Gasteiger partial charge in [-0.25, -0.2) is 0 Å². The number of benzene rings is 2. The van der Waals surface area contributed by atoms with Gasteiger partial charge in [-0.15, -0.1) is 6.42 Å². The summed E-state index contributed by atoms with van der Waals surface area (Å²) in [7, 11) is 4.60. The first-order valence-electron chi connectivity index (χ1n) is 8.24. The van der Waals surface area contributed by atoms with Crippen molar-refractivity contribution in [3.8, 4) is 23.8 Å². The molecule has 0 radical (unpaired) electrons. The Morgan fingerprint density at radius 3 is 2.33 bits per heavy atom. The lowest BCUT2D eigenvalue weighted by atomic mass is 10.1. The highest BCUT2D eigenvalue weighted by atomic mass is 16.5. The zero-order valence-corrected chi connectivity index (χ0v) is 15.8. The summed E-state index contributed by atoms with van der Waals surface area (Å²) in [6.45, 7) is 1.73. The highest BCUT2D eigenvalue weighted by Gasteiger charge is 2.19. The van der Waals surface area contributed by atoms with E-state index in [0.29, 0.717) is 28.3 Å². The topological polar surface area (TPSA) is 67.9 Å². The Morgan fingerprint density at radius 1 is 1.15 bits per heavy atom. The Morgan fingerprint density at radius 2 is 1.78 bits per heavy atom. The SMILES string of the molecule is C#Cc1cccc(NC(=O)CN(C)C(=O)c2cc(OC)c(C)c(OC)c2)c1. The quantitative estimate of drug-likeness (QED) is 0.798. The van der Waals surface area contributed by atoms with Crippen LogP contribution in [0.3, 0.4) is 0 Å². The summed E-state index contributed by atoms with van der Waals surface area (Å²) < 4.78 is 10.6. The molecule has 0 aliphatic rings. The first-order valence-corrected chi connectivity index (χ1v) is 8.24. The lowest BCUT2D eigenvalue weighted by Gasteiger charge is -2.19. The number of methoxy groups -OCH3 is 2. The molecule has 2 rings (SSSR count). The molecule has 27 heavy (non-hydrogen) atoms. The molecule has 2 aromatic carbocycles. The third-order valence-corrected chi connectivity index (χ3v) is 4.04. The van der Waals surface area contributed by atoms with Crippen LogP contribution >= 0.6 is 0 Å². The summed E-state index contributed by atoms with van der Waals surface area (Å²) in [4.78, 5) is 26.3. The van der Waals surface area contributed by atoms with Gasteiger partial charge in [0.05, 0.1) is 20.8 Å². The van der Waals surface area contributed by atoms with Crippen LogP contribution in [0.1, 0.15) is 21.5 Å². The van der Waals surface area contributed by atoms with Gasteiger partial charge in [0.25, 0.3) is 5.91 Å². The van der Waals surface area contributed by atoms with Gasteiger partial charge in [0.1, 0.15) is 11.5 Å². The summed E-state index contributed by atoms with van der Waals surface area (Å²) in [5.74, 6) is 2.95. The van der Waals surface area contributed by atoms with Crippen molar-refractivity contribution in [2.45, 2.75) is 6.92 Å². The van der Waals surface area contributed by atoms with Crippen molar-refractivity contribution < 1.29 is 19.1 Å². The van der Waals surface area contributed by atoms with Gasteiger partial charge in [-0.1, -0.05) is 12.0 Å². The smallest absolute Gasteiger partial charge is 0.254 e. The first-order chi connectivity index (χ1) is 12.9. The molecule has 0 unspecified atom stereocenters. The Balaban J connectivity index is 2.11. The van der Waals surface area contributed by atoms with Crippen LogP contribution in [0.5, 0.6) is 11.5 Å². The minimum Gasteiger partial charge on any atom is -0.496 e. The first kappa shape index (κ1) is 19.9. The number of nitrogens with zero attached hydrogens (tertiary/aromatic N) is 1. The van der Waals surface area contributed by atoms with Gasteiger partial charge in [0.15, 0.2) is 0 Å². The van der Waals surface area contributed by atoms with E-state index < -0.39 is 0 Å². The predicted octanol–water partition coefficient (Wildman–Crippen LogP) is 2.70. The van der Waals surface area contributed by atoms with E-state index in [0.717, 1.165) is 5.56 Å². The molecule has 2 amide bonds. The number of ether oxygens (including phenoxy) is 2. The van der Waals surface area contributed by atoms with E-state index in [4.69, 9.17) is 15.9 Å². The van der Waals surface area contributed by atoms with Crippen molar-refractivity contribution in [2.24, 2.45) is 0 Å². The van der Waals surface area contributed by atoms with Gasteiger partial charge in [-0.2, -0.15) is 0 Å². The molecule has 1 N–H and O–H groups in total. The van der Waals surface area contributed by atoms with Gasteiger partial charge in [0, 0.05) is 29.4 Å². The zero-order valence-electron chi connectivity index (χ0n) is 15.8. The number of rotatable bonds is 6. The third kappa shape index (κ3) is 4.79. The molecular weight excluding hydrogens is 344 g/mol. The standard InChI is InChI=1S/C21H22N2O4/c1-6-15-8-7-9-17(10-15)22-20(24)13-23(3)21(25)16-11-18(26-4)14(2)19(12-16)27-5/h1,7-12H,13H2,2-5H3,(H,22,24). The molecule has 0 spiro atoms. The van der Waals surface area contributed by atoms with Crippen molar-refractivity contribution in [2.75, 3.05) is 33.1 Å². The Hall–Kier alpha value is -3.46. The summed E-state index contributed by atoms with van der Waals surface area (Å²) in [6, 6.07) is 10.2. The van der Waals surface area contributed by atoms with E-state index in [1.54, 1.807) is 43.4 Å². The van der Waals surface area contributed by atoms with Crippen molar-refractivity contribution in [1.29, 1.82) is 0 Å². The molecule has 2 aromatic rings. The van der Waals surface area contributed by atoms with Crippen molar-refractivity contribution in [1.82, 2.24) is 4.90 Å². The molecule has 0 heterocycles. The van der Waals surface area contributed by atoms with Crippen LogP contribution in [0.2, 0.25) is 0 Å². The van der Waals surface area contributed by atoms with Crippen LogP contribution < -0.4 is 14.8 Å². The number of nitrogens with one attached hydrogen (secondary N) is 1. The van der Waals surface area contributed by atoms with Gasteiger partial charge in [-0.05, 0) is 37.3 Å². The number of hydrogen-bond donors (Lipinski definition) is 1. The Labute approximate surface area is 159 Å². The van der Waals surface area contributed by atoms with Crippen LogP contribution in [-0.4, -0.2) is 44.5 Å². The second-order valence-electron chi connectivity index (χ2n) is 5.94. The molecule has 0 aromatic heterocycles. The lowest BCUT2D eigenvalue weighted by Crippen LogP contribution is -2.35. The maximum absolute atomic E-state index is 12.7. The molecule has 0 bridgehead atoms. The van der Waals surface area contributed by atoms with E-state index >= 15 is 0 Å². The van der Waals surface area contributed by atoms with Gasteiger partial charge in [-0.3, -0.25) is 9.59 Å². The van der Waals surface area contributed by atoms with Crippen LogP contribution in [0, 0.1) is 19.3 Å². The van der Waals surface area contributed by atoms with Crippen LogP contribution in [0.25, 0.3) is 0 Å². The number of anilines is 1. The number of amides is 2. The summed E-state index contributed by atoms with van der Waals surface area (Å²) in [5.41, 5.74) is 2.41. The maximum Gasteiger partial charge on any atom is 0.254 e. The molecule has 140 valence electrons. The monoisotopic (exact) mass is 366 g/mol. The number of carbonyl (C=O) groups is 2. The number of likely N-dealkylation sites (N-methyl/N-ethyl adjacent to an activating group) is 1. The molecule has 0 aliphatic carbocycles. The fourth-order valence-corrected chi connectivity index (χ4v) is 2.60. The highest BCUT2D eigenvalue weighted by Crippen LogP contribution is 2.29. The zero-order chi connectivity index (χ0) is 20.0.